The molecule has 0 unspecified atom stereocenters. The molecule has 1 aromatic heterocycles. The van der Waals surface area contributed by atoms with E-state index in [1.807, 2.05) is 0 Å². The molecule has 0 saturated carbocycles. The molecule has 0 N–H and O–H groups in total. The maximum Gasteiger partial charge on any atom is 0.416 e. The zero-order valence-corrected chi connectivity index (χ0v) is 9.86. The number of hydrogen-bond acceptors (Lipinski definition) is 4. The summed E-state index contributed by atoms with van der Waals surface area (Å²) in [5.74, 6) is 0.173. The second-order valence-corrected chi connectivity index (χ2v) is 3.97. The first-order valence-corrected chi connectivity index (χ1v) is 5.36. The summed E-state index contributed by atoms with van der Waals surface area (Å²) in [7, 11) is 0. The molecule has 1 aromatic carbocycles. The molecule has 0 aliphatic carbocycles. The number of carbonyl (C=O) groups is 1. The fourth-order valence-corrected chi connectivity index (χ4v) is 1.47. The molecule has 0 aliphatic rings. The minimum absolute atomic E-state index is 0.0319. The van der Waals surface area contributed by atoms with Crippen LogP contribution in [0.2, 0.25) is 0 Å². The summed E-state index contributed by atoms with van der Waals surface area (Å²) in [6.45, 7) is 1.38. The summed E-state index contributed by atoms with van der Waals surface area (Å²) in [6, 6.07) is 4.36. The van der Waals surface area contributed by atoms with Crippen LogP contribution in [0, 0.1) is 0 Å². The third-order valence-corrected chi connectivity index (χ3v) is 2.33. The standard InChI is InChI=1S/C12H9F3N2O2/c1-7(18)6-10-16-11(19-17-10)8-2-4-9(5-3-8)12(13,14)15/h2-5H,6H2,1H3. The van der Waals surface area contributed by atoms with Gasteiger partial charge in [0.1, 0.15) is 5.78 Å². The van der Waals surface area contributed by atoms with Gasteiger partial charge in [-0.1, -0.05) is 5.16 Å². The van der Waals surface area contributed by atoms with Crippen LogP contribution in [-0.4, -0.2) is 15.9 Å². The summed E-state index contributed by atoms with van der Waals surface area (Å²) < 4.78 is 42.0. The fourth-order valence-electron chi connectivity index (χ4n) is 1.47. The van der Waals surface area contributed by atoms with Crippen LogP contribution in [-0.2, 0) is 17.4 Å². The normalized spacial score (nSPS) is 11.6. The van der Waals surface area contributed by atoms with Crippen LogP contribution in [0.15, 0.2) is 28.8 Å². The molecule has 0 amide bonds. The molecule has 7 heteroatoms. The molecule has 0 saturated heterocycles. The second kappa shape index (κ2) is 4.83. The van der Waals surface area contributed by atoms with Crippen molar-refractivity contribution in [2.75, 3.05) is 0 Å². The minimum atomic E-state index is -4.38. The van der Waals surface area contributed by atoms with E-state index >= 15 is 0 Å². The van der Waals surface area contributed by atoms with Gasteiger partial charge in [-0.3, -0.25) is 4.79 Å². The molecule has 1 heterocycles. The number of nitrogens with zero attached hydrogens (tertiary/aromatic N) is 2. The average Bonchev–Trinajstić information content (AvgIpc) is 2.75. The summed E-state index contributed by atoms with van der Waals surface area (Å²) in [6.07, 6.45) is -4.35. The van der Waals surface area contributed by atoms with Gasteiger partial charge in [0.15, 0.2) is 5.82 Å². The third kappa shape index (κ3) is 3.18. The topological polar surface area (TPSA) is 56.0 Å². The Morgan fingerprint density at radius 1 is 1.26 bits per heavy atom. The number of alkyl halides is 3. The van der Waals surface area contributed by atoms with Gasteiger partial charge in [-0.15, -0.1) is 0 Å². The number of aromatic nitrogens is 2. The van der Waals surface area contributed by atoms with Crippen LogP contribution in [0.25, 0.3) is 11.5 Å². The minimum Gasteiger partial charge on any atom is -0.334 e. The fraction of sp³-hybridized carbons (Fsp3) is 0.250. The van der Waals surface area contributed by atoms with E-state index in [2.05, 4.69) is 10.1 Å². The van der Waals surface area contributed by atoms with Gasteiger partial charge in [0.05, 0.1) is 12.0 Å². The lowest BCUT2D eigenvalue weighted by Crippen LogP contribution is -2.04. The van der Waals surface area contributed by atoms with Crippen LogP contribution >= 0.6 is 0 Å². The van der Waals surface area contributed by atoms with Crippen LogP contribution in [0.5, 0.6) is 0 Å². The van der Waals surface area contributed by atoms with Crippen molar-refractivity contribution in [1.29, 1.82) is 0 Å². The van der Waals surface area contributed by atoms with Gasteiger partial charge in [0.2, 0.25) is 0 Å². The summed E-state index contributed by atoms with van der Waals surface area (Å²) >= 11 is 0. The second-order valence-electron chi connectivity index (χ2n) is 3.97. The van der Waals surface area contributed by atoms with E-state index in [0.29, 0.717) is 5.56 Å². The monoisotopic (exact) mass is 270 g/mol. The Balaban J connectivity index is 2.23. The van der Waals surface area contributed by atoms with E-state index in [4.69, 9.17) is 4.52 Å². The van der Waals surface area contributed by atoms with Crippen LogP contribution in [0.3, 0.4) is 0 Å². The van der Waals surface area contributed by atoms with E-state index in [-0.39, 0.29) is 23.9 Å². The van der Waals surface area contributed by atoms with E-state index in [9.17, 15) is 18.0 Å². The smallest absolute Gasteiger partial charge is 0.334 e. The molecule has 19 heavy (non-hydrogen) atoms. The molecule has 0 aliphatic heterocycles. The SMILES string of the molecule is CC(=O)Cc1noc(-c2ccc(C(F)(F)F)cc2)n1. The van der Waals surface area contributed by atoms with Crippen molar-refractivity contribution in [2.45, 2.75) is 19.5 Å². The first-order chi connectivity index (χ1) is 8.86. The zero-order valence-electron chi connectivity index (χ0n) is 9.86. The van der Waals surface area contributed by atoms with Gasteiger partial charge in [0.25, 0.3) is 5.89 Å². The van der Waals surface area contributed by atoms with Crippen LogP contribution in [0.4, 0.5) is 13.2 Å². The maximum absolute atomic E-state index is 12.4. The largest absolute Gasteiger partial charge is 0.416 e. The maximum atomic E-state index is 12.4. The predicted molar refractivity (Wildman–Crippen MR) is 59.1 cm³/mol. The van der Waals surface area contributed by atoms with Crippen molar-refractivity contribution in [3.05, 3.63) is 35.7 Å². The van der Waals surface area contributed by atoms with Crippen molar-refractivity contribution < 1.29 is 22.5 Å². The Labute approximate surface area is 106 Å². The first kappa shape index (κ1) is 13.3. The van der Waals surface area contributed by atoms with Gasteiger partial charge < -0.3 is 4.52 Å². The first-order valence-electron chi connectivity index (χ1n) is 5.36. The van der Waals surface area contributed by atoms with Crippen molar-refractivity contribution >= 4 is 5.78 Å². The zero-order chi connectivity index (χ0) is 14.0. The summed E-state index contributed by atoms with van der Waals surface area (Å²) in [4.78, 5) is 14.8. The Kier molecular flexibility index (Phi) is 3.37. The Morgan fingerprint density at radius 2 is 1.89 bits per heavy atom. The van der Waals surface area contributed by atoms with Gasteiger partial charge in [-0.2, -0.15) is 18.2 Å². The highest BCUT2D eigenvalue weighted by Crippen LogP contribution is 2.30. The molecule has 0 radical (unpaired) electrons. The van der Waals surface area contributed by atoms with Crippen LogP contribution < -0.4 is 0 Å². The highest BCUT2D eigenvalue weighted by Gasteiger charge is 2.30. The van der Waals surface area contributed by atoms with Gasteiger partial charge in [0, 0.05) is 5.56 Å². The van der Waals surface area contributed by atoms with E-state index in [0.717, 1.165) is 12.1 Å². The van der Waals surface area contributed by atoms with Crippen molar-refractivity contribution in [3.63, 3.8) is 0 Å². The van der Waals surface area contributed by atoms with Crippen molar-refractivity contribution in [1.82, 2.24) is 10.1 Å². The number of ketones is 1. The molecule has 100 valence electrons. The predicted octanol–water partition coefficient (Wildman–Crippen LogP) is 2.89. The molecule has 0 spiro atoms. The Bertz CT molecular complexity index is 588. The van der Waals surface area contributed by atoms with Crippen LogP contribution in [0.1, 0.15) is 18.3 Å². The molecular weight excluding hydrogens is 261 g/mol. The van der Waals surface area contributed by atoms with Crippen molar-refractivity contribution in [2.24, 2.45) is 0 Å². The van der Waals surface area contributed by atoms with Crippen molar-refractivity contribution in [3.8, 4) is 11.5 Å². The molecule has 2 rings (SSSR count). The number of hydrogen-bond donors (Lipinski definition) is 0. The number of benzene rings is 1. The van der Waals surface area contributed by atoms with Gasteiger partial charge >= 0.3 is 6.18 Å². The average molecular weight is 270 g/mol. The highest BCUT2D eigenvalue weighted by molar-refractivity contribution is 5.77. The Morgan fingerprint density at radius 3 is 2.42 bits per heavy atom. The lowest BCUT2D eigenvalue weighted by atomic mass is 10.1. The molecule has 0 fully saturated rings. The number of rotatable bonds is 3. The quantitative estimate of drug-likeness (QED) is 0.860. The Hall–Kier alpha value is -2.18. The van der Waals surface area contributed by atoms with E-state index < -0.39 is 11.7 Å². The molecule has 0 bridgehead atoms. The number of Topliss-reactive ketones (excluding diaryl/α,β-unsaturated/α-hetero) is 1. The molecule has 2 aromatic rings. The van der Waals surface area contributed by atoms with Gasteiger partial charge in [-0.25, -0.2) is 0 Å². The highest BCUT2D eigenvalue weighted by atomic mass is 19.4. The summed E-state index contributed by atoms with van der Waals surface area (Å²) in [5.41, 5.74) is -0.380. The molecule has 0 atom stereocenters. The van der Waals surface area contributed by atoms with E-state index in [1.54, 1.807) is 0 Å². The lowest BCUT2D eigenvalue weighted by molar-refractivity contribution is -0.137. The van der Waals surface area contributed by atoms with E-state index in [1.165, 1.54) is 19.1 Å². The molecule has 4 nitrogen and oxygen atoms in total. The number of halogens is 3. The third-order valence-electron chi connectivity index (χ3n) is 2.33. The molecular formula is C12H9F3N2O2. The lowest BCUT2D eigenvalue weighted by Gasteiger charge is -2.05. The summed E-state index contributed by atoms with van der Waals surface area (Å²) in [5, 5.41) is 3.57. The van der Waals surface area contributed by atoms with Gasteiger partial charge in [-0.05, 0) is 31.2 Å². The number of carbonyl (C=O) groups excluding carboxylic acids is 1.